The molecule has 0 atom stereocenters. The standard InChI is InChI=1S/C54H34N4/c1-2-14-36-31-41(26-25-35(36)13-1)54-47-34-46(43-19-3-4-20-44(43)53(47)45-21-5-6-22-48(45)58-54)40-18-12-16-38(30-40)37-15-11-17-39(29-37)42-32-51(49-23-7-9-27-55-49)57-52(33-42)50-24-8-10-28-56-50/h1-34H. The Labute approximate surface area is 335 Å². The summed E-state index contributed by atoms with van der Waals surface area (Å²) >= 11 is 0. The summed E-state index contributed by atoms with van der Waals surface area (Å²) in [4.78, 5) is 19.6. The molecule has 0 unspecified atom stereocenters. The van der Waals surface area contributed by atoms with E-state index < -0.39 is 0 Å². The van der Waals surface area contributed by atoms with E-state index in [1.807, 2.05) is 36.4 Å². The number of nitrogens with zero attached hydrogens (tertiary/aromatic N) is 4. The van der Waals surface area contributed by atoms with E-state index in [9.17, 15) is 0 Å². The molecule has 0 amide bonds. The van der Waals surface area contributed by atoms with Crippen LogP contribution < -0.4 is 0 Å². The first-order valence-corrected chi connectivity index (χ1v) is 19.5. The second-order valence-electron chi connectivity index (χ2n) is 14.6. The lowest BCUT2D eigenvalue weighted by atomic mass is 9.88. The molecule has 0 radical (unpaired) electrons. The molecule has 11 aromatic rings. The molecule has 4 nitrogen and oxygen atoms in total. The Hall–Kier alpha value is -7.82. The first-order chi connectivity index (χ1) is 28.7. The molecule has 11 rings (SSSR count). The van der Waals surface area contributed by atoms with Gasteiger partial charge >= 0.3 is 0 Å². The average Bonchev–Trinajstić information content (AvgIpc) is 3.31. The van der Waals surface area contributed by atoms with Crippen molar-refractivity contribution in [2.45, 2.75) is 0 Å². The first-order valence-electron chi connectivity index (χ1n) is 19.5. The monoisotopic (exact) mass is 738 g/mol. The second-order valence-corrected chi connectivity index (χ2v) is 14.6. The molecule has 0 fully saturated rings. The minimum absolute atomic E-state index is 0.805. The molecule has 0 N–H and O–H groups in total. The second kappa shape index (κ2) is 14.0. The smallest absolute Gasteiger partial charge is 0.0900 e. The SMILES string of the molecule is c1ccc(-c2cc(-c3cccc(-c4cccc(-c5cc6c(-c7ccc8ccccc8c7)nc7ccccc7c6c6ccccc56)c4)c3)cc(-c3ccccn3)n2)nc1. The summed E-state index contributed by atoms with van der Waals surface area (Å²) in [5, 5.41) is 8.37. The molecular formula is C54H34N4. The number of para-hydroxylation sites is 1. The molecule has 0 spiro atoms. The zero-order valence-corrected chi connectivity index (χ0v) is 31.4. The van der Waals surface area contributed by atoms with Gasteiger partial charge in [-0.3, -0.25) is 9.97 Å². The van der Waals surface area contributed by atoms with Crippen molar-refractivity contribution in [2.75, 3.05) is 0 Å². The Bertz CT molecular complexity index is 3280. The molecular weight excluding hydrogens is 705 g/mol. The Kier molecular flexibility index (Phi) is 8.11. The molecule has 0 saturated carbocycles. The van der Waals surface area contributed by atoms with Crippen LogP contribution in [0.5, 0.6) is 0 Å². The summed E-state index contributed by atoms with van der Waals surface area (Å²) in [7, 11) is 0. The minimum Gasteiger partial charge on any atom is -0.255 e. The van der Waals surface area contributed by atoms with Crippen molar-refractivity contribution in [1.29, 1.82) is 0 Å². The van der Waals surface area contributed by atoms with Crippen molar-refractivity contribution in [3.63, 3.8) is 0 Å². The van der Waals surface area contributed by atoms with E-state index in [2.05, 4.69) is 168 Å². The Morgan fingerprint density at radius 1 is 0.293 bits per heavy atom. The summed E-state index contributed by atoms with van der Waals surface area (Å²) in [6.45, 7) is 0. The minimum atomic E-state index is 0.805. The van der Waals surface area contributed by atoms with Crippen LogP contribution in [0.2, 0.25) is 0 Å². The molecule has 0 aliphatic carbocycles. The lowest BCUT2D eigenvalue weighted by molar-refractivity contribution is 1.22. The zero-order valence-electron chi connectivity index (χ0n) is 31.4. The van der Waals surface area contributed by atoms with Crippen LogP contribution >= 0.6 is 0 Å². The molecule has 4 aromatic heterocycles. The topological polar surface area (TPSA) is 51.6 Å². The molecule has 4 heteroatoms. The first kappa shape index (κ1) is 33.5. The van der Waals surface area contributed by atoms with Crippen molar-refractivity contribution in [2.24, 2.45) is 0 Å². The van der Waals surface area contributed by atoms with Gasteiger partial charge < -0.3 is 0 Å². The zero-order chi connectivity index (χ0) is 38.4. The fourth-order valence-corrected chi connectivity index (χ4v) is 8.34. The van der Waals surface area contributed by atoms with Crippen LogP contribution in [0.25, 0.3) is 111 Å². The quantitative estimate of drug-likeness (QED) is 0.159. The molecule has 58 heavy (non-hydrogen) atoms. The number of aromatic nitrogens is 4. The van der Waals surface area contributed by atoms with Gasteiger partial charge in [0.2, 0.25) is 0 Å². The summed E-state index contributed by atoms with van der Waals surface area (Å²) in [5.74, 6) is 0. The van der Waals surface area contributed by atoms with Gasteiger partial charge in [-0.15, -0.1) is 0 Å². The van der Waals surface area contributed by atoms with Crippen molar-refractivity contribution in [3.8, 4) is 67.4 Å². The maximum absolute atomic E-state index is 5.36. The van der Waals surface area contributed by atoms with Crippen molar-refractivity contribution in [1.82, 2.24) is 19.9 Å². The van der Waals surface area contributed by atoms with Crippen LogP contribution in [-0.2, 0) is 0 Å². The van der Waals surface area contributed by atoms with Crippen LogP contribution in [0.4, 0.5) is 0 Å². The summed E-state index contributed by atoms with van der Waals surface area (Å²) in [5.41, 5.74) is 13.1. The van der Waals surface area contributed by atoms with Crippen LogP contribution in [0.3, 0.4) is 0 Å². The Morgan fingerprint density at radius 2 is 0.879 bits per heavy atom. The summed E-state index contributed by atoms with van der Waals surface area (Å²) < 4.78 is 0. The van der Waals surface area contributed by atoms with E-state index in [1.54, 1.807) is 12.4 Å². The number of fused-ring (bicyclic) bond motifs is 6. The van der Waals surface area contributed by atoms with Crippen LogP contribution in [0.15, 0.2) is 207 Å². The van der Waals surface area contributed by atoms with Gasteiger partial charge in [0, 0.05) is 34.1 Å². The van der Waals surface area contributed by atoms with Gasteiger partial charge in [-0.2, -0.15) is 0 Å². The summed E-state index contributed by atoms with van der Waals surface area (Å²) in [6, 6.07) is 68.7. The Morgan fingerprint density at radius 3 is 1.59 bits per heavy atom. The van der Waals surface area contributed by atoms with Crippen molar-refractivity contribution >= 4 is 43.2 Å². The molecule has 0 aliphatic heterocycles. The van der Waals surface area contributed by atoms with Crippen LogP contribution in [-0.4, -0.2) is 19.9 Å². The molecule has 0 aliphatic rings. The molecule has 270 valence electrons. The average molecular weight is 739 g/mol. The normalized spacial score (nSPS) is 11.4. The third-order valence-electron chi connectivity index (χ3n) is 11.1. The number of benzene rings is 7. The van der Waals surface area contributed by atoms with Gasteiger partial charge in [0.05, 0.1) is 34.0 Å². The fraction of sp³-hybridized carbons (Fsp3) is 0. The van der Waals surface area contributed by atoms with E-state index in [0.717, 1.165) is 78.1 Å². The van der Waals surface area contributed by atoms with Crippen molar-refractivity contribution < 1.29 is 0 Å². The molecule has 0 saturated heterocycles. The van der Waals surface area contributed by atoms with E-state index in [0.29, 0.717) is 0 Å². The van der Waals surface area contributed by atoms with E-state index in [4.69, 9.17) is 9.97 Å². The van der Waals surface area contributed by atoms with E-state index >= 15 is 0 Å². The third-order valence-corrected chi connectivity index (χ3v) is 11.1. The fourth-order valence-electron chi connectivity index (χ4n) is 8.34. The molecule has 7 aromatic carbocycles. The highest BCUT2D eigenvalue weighted by Crippen LogP contribution is 2.43. The maximum atomic E-state index is 5.36. The van der Waals surface area contributed by atoms with E-state index in [1.165, 1.54) is 32.5 Å². The highest BCUT2D eigenvalue weighted by molar-refractivity contribution is 6.25. The molecule has 4 heterocycles. The van der Waals surface area contributed by atoms with Gasteiger partial charge in [0.15, 0.2) is 0 Å². The largest absolute Gasteiger partial charge is 0.255 e. The number of rotatable bonds is 6. The van der Waals surface area contributed by atoms with Gasteiger partial charge in [-0.25, -0.2) is 9.97 Å². The highest BCUT2D eigenvalue weighted by atomic mass is 14.8. The number of hydrogen-bond donors (Lipinski definition) is 0. The number of hydrogen-bond acceptors (Lipinski definition) is 4. The van der Waals surface area contributed by atoms with Gasteiger partial charge in [0.25, 0.3) is 0 Å². The lowest BCUT2D eigenvalue weighted by Gasteiger charge is -2.17. The van der Waals surface area contributed by atoms with Crippen LogP contribution in [0, 0.1) is 0 Å². The summed E-state index contributed by atoms with van der Waals surface area (Å²) in [6.07, 6.45) is 3.61. The Balaban J connectivity index is 1.07. The maximum Gasteiger partial charge on any atom is 0.0900 e. The van der Waals surface area contributed by atoms with Crippen LogP contribution in [0.1, 0.15) is 0 Å². The highest BCUT2D eigenvalue weighted by Gasteiger charge is 2.18. The molecule has 0 bridgehead atoms. The predicted molar refractivity (Wildman–Crippen MR) is 240 cm³/mol. The predicted octanol–water partition coefficient (Wildman–Crippen LogP) is 13.9. The van der Waals surface area contributed by atoms with Crippen molar-refractivity contribution in [3.05, 3.63) is 207 Å². The van der Waals surface area contributed by atoms with Gasteiger partial charge in [-0.05, 0) is 122 Å². The van der Waals surface area contributed by atoms with Gasteiger partial charge in [0.1, 0.15) is 0 Å². The van der Waals surface area contributed by atoms with E-state index in [-0.39, 0.29) is 0 Å². The van der Waals surface area contributed by atoms with Gasteiger partial charge in [-0.1, -0.05) is 127 Å². The lowest BCUT2D eigenvalue weighted by Crippen LogP contribution is -1.94. The third kappa shape index (κ3) is 5.96. The number of pyridine rings is 4.